The summed E-state index contributed by atoms with van der Waals surface area (Å²) in [6.45, 7) is 0. The maximum atomic E-state index is 12.3. The lowest BCUT2D eigenvalue weighted by molar-refractivity contribution is -0.137. The molecule has 4 nitrogen and oxygen atoms in total. The second kappa shape index (κ2) is 4.25. The summed E-state index contributed by atoms with van der Waals surface area (Å²) in [6.07, 6.45) is -4.48. The summed E-state index contributed by atoms with van der Waals surface area (Å²) < 4.78 is 37.0. The van der Waals surface area contributed by atoms with E-state index in [-0.39, 0.29) is 23.4 Å². The Morgan fingerprint density at radius 3 is 2.00 bits per heavy atom. The monoisotopic (exact) mass is 266 g/mol. The van der Waals surface area contributed by atoms with Gasteiger partial charge in [-0.2, -0.15) is 13.2 Å². The molecule has 0 amide bonds. The molecule has 2 N–H and O–H groups in total. The summed E-state index contributed by atoms with van der Waals surface area (Å²) in [4.78, 5) is 26.0. The average Bonchev–Trinajstić information content (AvgIpc) is 2.17. The zero-order chi connectivity index (χ0) is 11.9. The van der Waals surface area contributed by atoms with Crippen LogP contribution >= 0.6 is 12.4 Å². The first-order valence-electron chi connectivity index (χ1n) is 4.21. The van der Waals surface area contributed by atoms with Crippen LogP contribution in [-0.2, 0) is 6.18 Å². The van der Waals surface area contributed by atoms with Crippen LogP contribution in [0.5, 0.6) is 0 Å². The number of nitrogens with one attached hydrogen (secondary N) is 2. The number of hydrogen-bond donors (Lipinski definition) is 2. The summed E-state index contributed by atoms with van der Waals surface area (Å²) in [5.74, 6) is 0. The van der Waals surface area contributed by atoms with Crippen LogP contribution in [0.4, 0.5) is 13.2 Å². The van der Waals surface area contributed by atoms with Gasteiger partial charge in [0.15, 0.2) is 0 Å². The zero-order valence-corrected chi connectivity index (χ0v) is 8.91. The summed E-state index contributed by atoms with van der Waals surface area (Å²) in [6, 6.07) is 2.69. The Labute approximate surface area is 97.9 Å². The van der Waals surface area contributed by atoms with Gasteiger partial charge in [-0.25, -0.2) is 0 Å². The Morgan fingerprint density at radius 1 is 0.941 bits per heavy atom. The van der Waals surface area contributed by atoms with E-state index in [2.05, 4.69) is 9.97 Å². The molecular weight excluding hydrogens is 261 g/mol. The van der Waals surface area contributed by atoms with Crippen molar-refractivity contribution >= 4 is 23.4 Å². The number of halogens is 4. The molecule has 0 aliphatic heterocycles. The highest BCUT2D eigenvalue weighted by Crippen LogP contribution is 2.30. The average molecular weight is 267 g/mol. The summed E-state index contributed by atoms with van der Waals surface area (Å²) in [5, 5.41) is 0. The summed E-state index contributed by atoms with van der Waals surface area (Å²) in [5.41, 5.74) is -2.67. The molecule has 0 bridgehead atoms. The van der Waals surface area contributed by atoms with Gasteiger partial charge in [0.1, 0.15) is 0 Å². The van der Waals surface area contributed by atoms with Crippen LogP contribution in [0.15, 0.2) is 27.8 Å². The zero-order valence-electron chi connectivity index (χ0n) is 8.09. The molecule has 0 aliphatic rings. The minimum Gasteiger partial charge on any atom is -0.316 e. The van der Waals surface area contributed by atoms with Crippen LogP contribution in [0.1, 0.15) is 5.56 Å². The van der Waals surface area contributed by atoms with E-state index >= 15 is 0 Å². The van der Waals surface area contributed by atoms with Gasteiger partial charge in [0, 0.05) is 0 Å². The van der Waals surface area contributed by atoms with Gasteiger partial charge < -0.3 is 9.97 Å². The number of alkyl halides is 3. The molecule has 1 aromatic carbocycles. The Kier molecular flexibility index (Phi) is 3.33. The van der Waals surface area contributed by atoms with Gasteiger partial charge in [-0.3, -0.25) is 9.59 Å². The lowest BCUT2D eigenvalue weighted by atomic mass is 10.2. The molecule has 17 heavy (non-hydrogen) atoms. The molecule has 2 aromatic rings. The fourth-order valence-corrected chi connectivity index (χ4v) is 1.29. The number of fused-ring (bicyclic) bond motifs is 1. The van der Waals surface area contributed by atoms with Crippen molar-refractivity contribution in [3.63, 3.8) is 0 Å². The van der Waals surface area contributed by atoms with E-state index in [0.717, 1.165) is 18.2 Å². The van der Waals surface area contributed by atoms with Crippen molar-refractivity contribution in [3.8, 4) is 0 Å². The summed E-state index contributed by atoms with van der Waals surface area (Å²) in [7, 11) is 0. The molecule has 0 fully saturated rings. The van der Waals surface area contributed by atoms with Crippen LogP contribution < -0.4 is 11.1 Å². The number of aromatic nitrogens is 2. The maximum absolute atomic E-state index is 12.3. The van der Waals surface area contributed by atoms with E-state index in [1.54, 1.807) is 0 Å². The normalized spacial score (nSPS) is 11.2. The minimum absolute atomic E-state index is 0. The van der Waals surface area contributed by atoms with Gasteiger partial charge in [0.2, 0.25) is 0 Å². The van der Waals surface area contributed by atoms with Gasteiger partial charge in [-0.05, 0) is 18.2 Å². The minimum atomic E-state index is -4.48. The standard InChI is InChI=1S/C9H5F3N2O2.ClH/c10-9(11,12)4-1-2-5-6(3-4)14-8(16)7(15)13-5;/h1-3H,(H,13,15)(H,14,16);1H. The molecule has 92 valence electrons. The van der Waals surface area contributed by atoms with Gasteiger partial charge in [-0.15, -0.1) is 12.4 Å². The highest BCUT2D eigenvalue weighted by atomic mass is 35.5. The van der Waals surface area contributed by atoms with Crippen molar-refractivity contribution < 1.29 is 13.2 Å². The van der Waals surface area contributed by atoms with Gasteiger partial charge in [0.05, 0.1) is 16.6 Å². The first kappa shape index (κ1) is 13.3. The number of benzene rings is 1. The Bertz CT molecular complexity index is 660. The van der Waals surface area contributed by atoms with E-state index in [9.17, 15) is 22.8 Å². The predicted molar refractivity (Wildman–Crippen MR) is 57.4 cm³/mol. The molecule has 1 heterocycles. The predicted octanol–water partition coefficient (Wildman–Crippen LogP) is 1.66. The van der Waals surface area contributed by atoms with Crippen molar-refractivity contribution in [1.82, 2.24) is 9.97 Å². The molecule has 1 aromatic heterocycles. The Hall–Kier alpha value is -1.76. The quantitative estimate of drug-likeness (QED) is 0.712. The van der Waals surface area contributed by atoms with Crippen LogP contribution in [0.3, 0.4) is 0 Å². The number of H-pyrrole nitrogens is 2. The number of hydrogen-bond acceptors (Lipinski definition) is 2. The molecule has 0 atom stereocenters. The topological polar surface area (TPSA) is 65.7 Å². The molecule has 2 rings (SSSR count). The third-order valence-corrected chi connectivity index (χ3v) is 2.05. The van der Waals surface area contributed by atoms with Gasteiger partial charge in [0.25, 0.3) is 0 Å². The molecule has 0 saturated heterocycles. The van der Waals surface area contributed by atoms with Crippen molar-refractivity contribution in [2.45, 2.75) is 6.18 Å². The van der Waals surface area contributed by atoms with E-state index < -0.39 is 22.9 Å². The molecular formula is C9H6ClF3N2O2. The maximum Gasteiger partial charge on any atom is 0.416 e. The molecule has 0 radical (unpaired) electrons. The van der Waals surface area contributed by atoms with Crippen LogP contribution in [0.2, 0.25) is 0 Å². The van der Waals surface area contributed by atoms with E-state index in [1.807, 2.05) is 0 Å². The lowest BCUT2D eigenvalue weighted by Gasteiger charge is -2.06. The second-order valence-corrected chi connectivity index (χ2v) is 3.17. The highest BCUT2D eigenvalue weighted by molar-refractivity contribution is 5.85. The SMILES string of the molecule is Cl.O=c1[nH]c2ccc(C(F)(F)F)cc2[nH]c1=O. The van der Waals surface area contributed by atoms with E-state index in [1.165, 1.54) is 0 Å². The van der Waals surface area contributed by atoms with Crippen molar-refractivity contribution in [2.24, 2.45) is 0 Å². The molecule has 8 heteroatoms. The fraction of sp³-hybridized carbons (Fsp3) is 0.111. The smallest absolute Gasteiger partial charge is 0.316 e. The molecule has 0 spiro atoms. The van der Waals surface area contributed by atoms with Gasteiger partial charge in [-0.1, -0.05) is 0 Å². The molecule has 0 aliphatic carbocycles. The largest absolute Gasteiger partial charge is 0.416 e. The first-order valence-corrected chi connectivity index (χ1v) is 4.21. The van der Waals surface area contributed by atoms with E-state index in [4.69, 9.17) is 0 Å². The number of aromatic amines is 2. The van der Waals surface area contributed by atoms with Crippen LogP contribution in [0, 0.1) is 0 Å². The van der Waals surface area contributed by atoms with Crippen molar-refractivity contribution in [2.75, 3.05) is 0 Å². The van der Waals surface area contributed by atoms with Gasteiger partial charge >= 0.3 is 17.3 Å². The third kappa shape index (κ3) is 2.50. The molecule has 0 unspecified atom stereocenters. The summed E-state index contributed by atoms with van der Waals surface area (Å²) >= 11 is 0. The number of rotatable bonds is 0. The highest BCUT2D eigenvalue weighted by Gasteiger charge is 2.30. The second-order valence-electron chi connectivity index (χ2n) is 3.17. The van der Waals surface area contributed by atoms with Crippen molar-refractivity contribution in [3.05, 3.63) is 44.5 Å². The molecule has 0 saturated carbocycles. The Balaban J connectivity index is 0.00000144. The van der Waals surface area contributed by atoms with E-state index in [0.29, 0.717) is 0 Å². The van der Waals surface area contributed by atoms with Crippen LogP contribution in [0.25, 0.3) is 11.0 Å². The van der Waals surface area contributed by atoms with Crippen molar-refractivity contribution in [1.29, 1.82) is 0 Å². The Morgan fingerprint density at radius 2 is 1.47 bits per heavy atom. The first-order chi connectivity index (χ1) is 7.38. The third-order valence-electron chi connectivity index (χ3n) is 2.05. The fourth-order valence-electron chi connectivity index (χ4n) is 1.29. The van der Waals surface area contributed by atoms with Crippen LogP contribution in [-0.4, -0.2) is 9.97 Å². The lowest BCUT2D eigenvalue weighted by Crippen LogP contribution is -2.29.